The van der Waals surface area contributed by atoms with Gasteiger partial charge in [-0.1, -0.05) is 32.0 Å². The van der Waals surface area contributed by atoms with E-state index in [1.165, 1.54) is 10.6 Å². The Balaban J connectivity index is 2.10. The molecule has 0 saturated carbocycles. The van der Waals surface area contributed by atoms with Crippen LogP contribution in [-0.4, -0.2) is 46.4 Å². The molecule has 1 fully saturated rings. The number of carbonyl (C=O) groups is 1. The zero-order valence-electron chi connectivity index (χ0n) is 16.1. The molecule has 7 heteroatoms. The van der Waals surface area contributed by atoms with Crippen molar-refractivity contribution in [3.05, 3.63) is 29.3 Å². The smallest absolute Gasteiger partial charge is 0.232 e. The highest BCUT2D eigenvalue weighted by molar-refractivity contribution is 7.92. The zero-order valence-corrected chi connectivity index (χ0v) is 16.9. The van der Waals surface area contributed by atoms with Gasteiger partial charge in [0.05, 0.1) is 18.0 Å². The summed E-state index contributed by atoms with van der Waals surface area (Å²) in [6, 6.07) is 5.78. The van der Waals surface area contributed by atoms with Crippen LogP contribution >= 0.6 is 0 Å². The van der Waals surface area contributed by atoms with Gasteiger partial charge in [-0.05, 0) is 36.8 Å². The summed E-state index contributed by atoms with van der Waals surface area (Å²) in [6.07, 6.45) is 3.36. The number of anilines is 1. The van der Waals surface area contributed by atoms with Crippen LogP contribution in [0.1, 0.15) is 50.2 Å². The second-order valence-corrected chi connectivity index (χ2v) is 9.10. The first-order valence-electron chi connectivity index (χ1n) is 9.15. The van der Waals surface area contributed by atoms with Crippen molar-refractivity contribution < 1.29 is 17.9 Å². The van der Waals surface area contributed by atoms with Crippen LogP contribution in [0.3, 0.4) is 0 Å². The lowest BCUT2D eigenvalue weighted by Gasteiger charge is -2.28. The largest absolute Gasteiger partial charge is 0.376 e. The average molecular weight is 383 g/mol. The average Bonchev–Trinajstić information content (AvgIpc) is 3.06. The fraction of sp³-hybridized carbons (Fsp3) is 0.632. The van der Waals surface area contributed by atoms with Crippen molar-refractivity contribution in [3.8, 4) is 0 Å². The Hall–Kier alpha value is -1.60. The summed E-state index contributed by atoms with van der Waals surface area (Å²) in [4.78, 5) is 12.2. The van der Waals surface area contributed by atoms with Crippen LogP contribution in [0.5, 0.6) is 0 Å². The van der Waals surface area contributed by atoms with E-state index in [0.29, 0.717) is 12.2 Å². The third kappa shape index (κ3) is 5.45. The SMILES string of the molecule is Cc1cccc(C(C)C)c1N(CCC(=O)NCC1CCCO1)S(C)(=O)=O. The first kappa shape index (κ1) is 20.7. The number of carbonyl (C=O) groups excluding carboxylic acids is 1. The monoisotopic (exact) mass is 382 g/mol. The van der Waals surface area contributed by atoms with Gasteiger partial charge in [-0.3, -0.25) is 9.10 Å². The highest BCUT2D eigenvalue weighted by Gasteiger charge is 2.24. The molecular formula is C19H30N2O4S. The van der Waals surface area contributed by atoms with E-state index in [-0.39, 0.29) is 30.9 Å². The summed E-state index contributed by atoms with van der Waals surface area (Å²) in [5.41, 5.74) is 2.55. The highest BCUT2D eigenvalue weighted by atomic mass is 32.2. The Kier molecular flexibility index (Phi) is 7.06. The molecule has 0 aromatic heterocycles. The maximum absolute atomic E-state index is 12.4. The molecular weight excluding hydrogens is 352 g/mol. The van der Waals surface area contributed by atoms with Gasteiger partial charge in [0.2, 0.25) is 15.9 Å². The molecule has 26 heavy (non-hydrogen) atoms. The number of hydrogen-bond acceptors (Lipinski definition) is 4. The van der Waals surface area contributed by atoms with Gasteiger partial charge in [0.25, 0.3) is 0 Å². The zero-order chi connectivity index (χ0) is 19.3. The Morgan fingerprint density at radius 2 is 2.12 bits per heavy atom. The number of para-hydroxylation sites is 1. The van der Waals surface area contributed by atoms with Crippen molar-refractivity contribution >= 4 is 21.6 Å². The molecule has 1 aromatic rings. The topological polar surface area (TPSA) is 75.7 Å². The van der Waals surface area contributed by atoms with Crippen molar-refractivity contribution in [1.82, 2.24) is 5.32 Å². The molecule has 0 bridgehead atoms. The molecule has 1 aliphatic rings. The van der Waals surface area contributed by atoms with E-state index in [4.69, 9.17) is 4.74 Å². The quantitative estimate of drug-likeness (QED) is 0.750. The van der Waals surface area contributed by atoms with Gasteiger partial charge in [-0.2, -0.15) is 0 Å². The van der Waals surface area contributed by atoms with Crippen LogP contribution in [0, 0.1) is 6.92 Å². The number of benzene rings is 1. The molecule has 0 aliphatic carbocycles. The third-order valence-corrected chi connectivity index (χ3v) is 5.80. The van der Waals surface area contributed by atoms with Crippen LogP contribution in [-0.2, 0) is 19.6 Å². The van der Waals surface area contributed by atoms with Crippen molar-refractivity contribution in [3.63, 3.8) is 0 Å². The van der Waals surface area contributed by atoms with E-state index in [1.807, 2.05) is 39.0 Å². The van der Waals surface area contributed by atoms with E-state index in [1.54, 1.807) is 0 Å². The number of hydrogen-bond donors (Lipinski definition) is 1. The Bertz CT molecular complexity index is 725. The summed E-state index contributed by atoms with van der Waals surface area (Å²) in [5.74, 6) is 0.0244. The fourth-order valence-corrected chi connectivity index (χ4v) is 4.26. The maximum Gasteiger partial charge on any atom is 0.232 e. The van der Waals surface area contributed by atoms with E-state index >= 15 is 0 Å². The van der Waals surface area contributed by atoms with E-state index in [2.05, 4.69) is 5.32 Å². The molecule has 1 atom stereocenters. The summed E-state index contributed by atoms with van der Waals surface area (Å²) >= 11 is 0. The molecule has 1 saturated heterocycles. The highest BCUT2D eigenvalue weighted by Crippen LogP contribution is 2.32. The van der Waals surface area contributed by atoms with Gasteiger partial charge in [-0.25, -0.2) is 8.42 Å². The Morgan fingerprint density at radius 1 is 1.38 bits per heavy atom. The molecule has 1 aliphatic heterocycles. The molecule has 1 aromatic carbocycles. The van der Waals surface area contributed by atoms with Crippen LogP contribution in [0.15, 0.2) is 18.2 Å². The van der Waals surface area contributed by atoms with E-state index in [9.17, 15) is 13.2 Å². The van der Waals surface area contributed by atoms with Crippen LogP contribution in [0.2, 0.25) is 0 Å². The summed E-state index contributed by atoms with van der Waals surface area (Å²) in [5, 5.41) is 2.85. The number of rotatable bonds is 8. The number of amides is 1. The maximum atomic E-state index is 12.4. The number of sulfonamides is 1. The minimum Gasteiger partial charge on any atom is -0.376 e. The van der Waals surface area contributed by atoms with Crippen LogP contribution < -0.4 is 9.62 Å². The standard InChI is InChI=1S/C19H30N2O4S/c1-14(2)17-9-5-7-15(3)19(17)21(26(4,23)24)11-10-18(22)20-13-16-8-6-12-25-16/h5,7,9,14,16H,6,8,10-13H2,1-4H3,(H,20,22). The van der Waals surface area contributed by atoms with Crippen molar-refractivity contribution in [2.75, 3.05) is 30.3 Å². The number of ether oxygens (including phenoxy) is 1. The number of aryl methyl sites for hydroxylation is 1. The normalized spacial score (nSPS) is 17.5. The molecule has 2 rings (SSSR count). The summed E-state index contributed by atoms with van der Waals surface area (Å²) in [7, 11) is -3.49. The second kappa shape index (κ2) is 8.86. The Labute approximate surface area is 157 Å². The molecule has 1 heterocycles. The predicted octanol–water partition coefficient (Wildman–Crippen LogP) is 2.57. The third-order valence-electron chi connectivity index (χ3n) is 4.63. The first-order valence-corrected chi connectivity index (χ1v) is 11.0. The molecule has 0 spiro atoms. The van der Waals surface area contributed by atoms with Crippen LogP contribution in [0.25, 0.3) is 0 Å². The van der Waals surface area contributed by atoms with Crippen molar-refractivity contribution in [2.24, 2.45) is 0 Å². The minimum atomic E-state index is -3.49. The summed E-state index contributed by atoms with van der Waals surface area (Å²) < 4.78 is 31.7. The van der Waals surface area contributed by atoms with Gasteiger partial charge in [0.15, 0.2) is 0 Å². The van der Waals surface area contributed by atoms with Gasteiger partial charge >= 0.3 is 0 Å². The molecule has 1 amide bonds. The van der Waals surface area contributed by atoms with Gasteiger partial charge in [0.1, 0.15) is 0 Å². The lowest BCUT2D eigenvalue weighted by atomic mass is 9.98. The molecule has 6 nitrogen and oxygen atoms in total. The molecule has 0 radical (unpaired) electrons. The van der Waals surface area contributed by atoms with Gasteiger partial charge in [-0.15, -0.1) is 0 Å². The fourth-order valence-electron chi connectivity index (χ4n) is 3.26. The number of nitrogens with one attached hydrogen (secondary N) is 1. The molecule has 1 unspecified atom stereocenters. The van der Waals surface area contributed by atoms with Crippen molar-refractivity contribution in [1.29, 1.82) is 0 Å². The van der Waals surface area contributed by atoms with Crippen LogP contribution in [0.4, 0.5) is 5.69 Å². The predicted molar refractivity (Wildman–Crippen MR) is 104 cm³/mol. The molecule has 1 N–H and O–H groups in total. The van der Waals surface area contributed by atoms with Gasteiger partial charge in [0, 0.05) is 26.1 Å². The van der Waals surface area contributed by atoms with E-state index in [0.717, 1.165) is 30.6 Å². The first-order chi connectivity index (χ1) is 12.2. The summed E-state index contributed by atoms with van der Waals surface area (Å²) in [6.45, 7) is 7.32. The Morgan fingerprint density at radius 3 is 2.69 bits per heavy atom. The van der Waals surface area contributed by atoms with E-state index < -0.39 is 10.0 Å². The lowest BCUT2D eigenvalue weighted by Crippen LogP contribution is -2.37. The van der Waals surface area contributed by atoms with Crippen molar-refractivity contribution in [2.45, 2.75) is 52.1 Å². The lowest BCUT2D eigenvalue weighted by molar-refractivity contribution is -0.121. The molecule has 146 valence electrons. The van der Waals surface area contributed by atoms with Gasteiger partial charge < -0.3 is 10.1 Å². The second-order valence-electron chi connectivity index (χ2n) is 7.19. The minimum absolute atomic E-state index is 0.0777. The number of nitrogens with zero attached hydrogens (tertiary/aromatic N) is 1.